The number of nitrogens with zero attached hydrogens (tertiary/aromatic N) is 3. The lowest BCUT2D eigenvalue weighted by Crippen LogP contribution is -2.22. The number of fused-ring (bicyclic) bond motifs is 1. The summed E-state index contributed by atoms with van der Waals surface area (Å²) in [5.74, 6) is 1.17. The van der Waals surface area contributed by atoms with Crippen molar-refractivity contribution in [2.75, 3.05) is 11.9 Å². The van der Waals surface area contributed by atoms with Crippen LogP contribution >= 0.6 is 0 Å². The van der Waals surface area contributed by atoms with Gasteiger partial charge in [-0.25, -0.2) is 0 Å². The third-order valence-electron chi connectivity index (χ3n) is 6.05. The molecule has 1 aromatic heterocycles. The quantitative estimate of drug-likeness (QED) is 0.829. The van der Waals surface area contributed by atoms with E-state index in [9.17, 15) is 4.79 Å². The first kappa shape index (κ1) is 18.2. The minimum atomic E-state index is -0.0362. The van der Waals surface area contributed by atoms with E-state index in [1.54, 1.807) is 4.68 Å². The molecule has 0 atom stereocenters. The Balaban J connectivity index is 1.51. The number of aryl methyl sites for hydroxylation is 1. The SMILES string of the molecule is CC(C)CCN1Cc2cccc(NC(=O)c3c(C4CCC4)cnn3C)c2C1. The van der Waals surface area contributed by atoms with E-state index in [0.717, 1.165) is 43.7 Å². The van der Waals surface area contributed by atoms with Crippen LogP contribution in [0.15, 0.2) is 24.4 Å². The van der Waals surface area contributed by atoms with E-state index in [2.05, 4.69) is 41.3 Å². The van der Waals surface area contributed by atoms with Gasteiger partial charge in [0, 0.05) is 31.4 Å². The fraction of sp³-hybridized carbons (Fsp3) is 0.545. The first-order valence-electron chi connectivity index (χ1n) is 10.2. The van der Waals surface area contributed by atoms with Crippen molar-refractivity contribution < 1.29 is 4.79 Å². The van der Waals surface area contributed by atoms with Gasteiger partial charge in [-0.1, -0.05) is 32.4 Å². The van der Waals surface area contributed by atoms with Crippen LogP contribution in [-0.4, -0.2) is 27.1 Å². The molecule has 2 heterocycles. The molecule has 1 N–H and O–H groups in total. The lowest BCUT2D eigenvalue weighted by molar-refractivity contribution is 0.101. The van der Waals surface area contributed by atoms with Gasteiger partial charge in [0.1, 0.15) is 5.69 Å². The minimum Gasteiger partial charge on any atom is -0.320 e. The van der Waals surface area contributed by atoms with Gasteiger partial charge in [0.15, 0.2) is 0 Å². The van der Waals surface area contributed by atoms with Crippen molar-refractivity contribution in [1.82, 2.24) is 14.7 Å². The predicted molar refractivity (Wildman–Crippen MR) is 108 cm³/mol. The van der Waals surface area contributed by atoms with Crippen molar-refractivity contribution in [3.8, 4) is 0 Å². The molecule has 5 heteroatoms. The molecule has 0 radical (unpaired) electrons. The Morgan fingerprint density at radius 1 is 1.30 bits per heavy atom. The maximum Gasteiger partial charge on any atom is 0.274 e. The van der Waals surface area contributed by atoms with Crippen molar-refractivity contribution in [2.24, 2.45) is 13.0 Å². The number of carbonyl (C=O) groups excluding carboxylic acids is 1. The molecule has 1 saturated carbocycles. The number of anilines is 1. The third kappa shape index (κ3) is 3.65. The van der Waals surface area contributed by atoms with E-state index < -0.39 is 0 Å². The molecule has 1 amide bonds. The molecule has 0 spiro atoms. The highest BCUT2D eigenvalue weighted by atomic mass is 16.2. The molecule has 1 aliphatic heterocycles. The molecule has 1 aromatic carbocycles. The van der Waals surface area contributed by atoms with Crippen LogP contribution in [-0.2, 0) is 20.1 Å². The summed E-state index contributed by atoms with van der Waals surface area (Å²) in [4.78, 5) is 15.5. The Kier molecular flexibility index (Phi) is 5.04. The first-order valence-corrected chi connectivity index (χ1v) is 10.2. The van der Waals surface area contributed by atoms with Crippen LogP contribution in [0.3, 0.4) is 0 Å². The van der Waals surface area contributed by atoms with E-state index in [-0.39, 0.29) is 5.91 Å². The Labute approximate surface area is 161 Å². The van der Waals surface area contributed by atoms with Crippen LogP contribution in [0.5, 0.6) is 0 Å². The largest absolute Gasteiger partial charge is 0.320 e. The number of nitrogens with one attached hydrogen (secondary N) is 1. The zero-order valence-electron chi connectivity index (χ0n) is 16.7. The number of hydrogen-bond acceptors (Lipinski definition) is 3. The van der Waals surface area contributed by atoms with Crippen LogP contribution < -0.4 is 5.32 Å². The van der Waals surface area contributed by atoms with Crippen molar-refractivity contribution in [1.29, 1.82) is 0 Å². The number of rotatable bonds is 6. The number of benzene rings is 1. The lowest BCUT2D eigenvalue weighted by Gasteiger charge is -2.25. The van der Waals surface area contributed by atoms with E-state index in [4.69, 9.17) is 0 Å². The summed E-state index contributed by atoms with van der Waals surface area (Å²) in [7, 11) is 1.86. The topological polar surface area (TPSA) is 50.2 Å². The molecule has 5 nitrogen and oxygen atoms in total. The molecule has 0 unspecified atom stereocenters. The molecule has 4 rings (SSSR count). The minimum absolute atomic E-state index is 0.0362. The van der Waals surface area contributed by atoms with Gasteiger partial charge in [-0.15, -0.1) is 0 Å². The van der Waals surface area contributed by atoms with E-state index in [1.165, 1.54) is 24.0 Å². The van der Waals surface area contributed by atoms with Gasteiger partial charge in [0.25, 0.3) is 5.91 Å². The summed E-state index contributed by atoms with van der Waals surface area (Å²) in [6.07, 6.45) is 6.66. The number of amides is 1. The fourth-order valence-electron chi connectivity index (χ4n) is 4.14. The molecular weight excluding hydrogens is 336 g/mol. The first-order chi connectivity index (χ1) is 13.0. The second-order valence-corrected chi connectivity index (χ2v) is 8.49. The summed E-state index contributed by atoms with van der Waals surface area (Å²) in [5.41, 5.74) is 5.37. The van der Waals surface area contributed by atoms with Gasteiger partial charge in [-0.05, 0) is 54.8 Å². The summed E-state index contributed by atoms with van der Waals surface area (Å²) in [6.45, 7) is 7.53. The Hall–Kier alpha value is -2.14. The fourth-order valence-corrected chi connectivity index (χ4v) is 4.14. The second kappa shape index (κ2) is 7.47. The van der Waals surface area contributed by atoms with Gasteiger partial charge < -0.3 is 5.32 Å². The van der Waals surface area contributed by atoms with Crippen LogP contribution in [0.2, 0.25) is 0 Å². The van der Waals surface area contributed by atoms with Crippen LogP contribution in [0.25, 0.3) is 0 Å². The molecule has 0 bridgehead atoms. The molecule has 1 aliphatic carbocycles. The zero-order valence-corrected chi connectivity index (χ0v) is 16.7. The average Bonchev–Trinajstić information content (AvgIpc) is 3.16. The number of aromatic nitrogens is 2. The molecule has 1 fully saturated rings. The second-order valence-electron chi connectivity index (χ2n) is 8.49. The molecule has 144 valence electrons. The Bertz CT molecular complexity index is 835. The van der Waals surface area contributed by atoms with Crippen LogP contribution in [0.4, 0.5) is 5.69 Å². The number of hydrogen-bond donors (Lipinski definition) is 1. The Morgan fingerprint density at radius 3 is 2.81 bits per heavy atom. The van der Waals surface area contributed by atoms with Crippen molar-refractivity contribution in [2.45, 2.75) is 58.5 Å². The highest BCUT2D eigenvalue weighted by Crippen LogP contribution is 2.38. The Morgan fingerprint density at radius 2 is 2.11 bits per heavy atom. The normalized spacial score (nSPS) is 17.2. The summed E-state index contributed by atoms with van der Waals surface area (Å²) < 4.78 is 1.72. The van der Waals surface area contributed by atoms with Gasteiger partial charge >= 0.3 is 0 Å². The highest BCUT2D eigenvalue weighted by Gasteiger charge is 2.29. The zero-order chi connectivity index (χ0) is 19.0. The molecule has 2 aromatic rings. The maximum absolute atomic E-state index is 13.1. The van der Waals surface area contributed by atoms with Gasteiger partial charge in [0.05, 0.1) is 6.20 Å². The summed E-state index contributed by atoms with van der Waals surface area (Å²) >= 11 is 0. The third-order valence-corrected chi connectivity index (χ3v) is 6.05. The highest BCUT2D eigenvalue weighted by molar-refractivity contribution is 6.04. The number of carbonyl (C=O) groups is 1. The molecule has 0 saturated heterocycles. The molecule has 2 aliphatic rings. The average molecular weight is 367 g/mol. The van der Waals surface area contributed by atoms with Crippen LogP contribution in [0.1, 0.15) is 72.6 Å². The molecule has 27 heavy (non-hydrogen) atoms. The van der Waals surface area contributed by atoms with Crippen molar-refractivity contribution in [3.63, 3.8) is 0 Å². The maximum atomic E-state index is 13.1. The van der Waals surface area contributed by atoms with E-state index in [1.807, 2.05) is 19.3 Å². The van der Waals surface area contributed by atoms with E-state index >= 15 is 0 Å². The summed E-state index contributed by atoms with van der Waals surface area (Å²) in [6, 6.07) is 6.27. The van der Waals surface area contributed by atoms with Gasteiger partial charge in [0.2, 0.25) is 0 Å². The van der Waals surface area contributed by atoms with Gasteiger partial charge in [-0.2, -0.15) is 5.10 Å². The monoisotopic (exact) mass is 366 g/mol. The smallest absolute Gasteiger partial charge is 0.274 e. The van der Waals surface area contributed by atoms with Gasteiger partial charge in [-0.3, -0.25) is 14.4 Å². The van der Waals surface area contributed by atoms with Crippen molar-refractivity contribution >= 4 is 11.6 Å². The standard InChI is InChI=1S/C22H30N4O/c1-15(2)10-11-26-13-17-8-5-9-20(19(17)14-26)24-22(27)21-18(12-23-25(21)3)16-6-4-7-16/h5,8-9,12,15-16H,4,6-7,10-11,13-14H2,1-3H3,(H,24,27). The predicted octanol–water partition coefficient (Wildman–Crippen LogP) is 4.30. The molecular formula is C22H30N4O. The lowest BCUT2D eigenvalue weighted by atomic mass is 9.80. The summed E-state index contributed by atoms with van der Waals surface area (Å²) in [5, 5.41) is 7.54. The van der Waals surface area contributed by atoms with Crippen molar-refractivity contribution in [3.05, 3.63) is 46.8 Å². The van der Waals surface area contributed by atoms with E-state index in [0.29, 0.717) is 17.5 Å². The van der Waals surface area contributed by atoms with Crippen LogP contribution in [0, 0.1) is 5.92 Å².